The molecule has 0 spiro atoms. The summed E-state index contributed by atoms with van der Waals surface area (Å²) in [6.07, 6.45) is 0.0290. The minimum Gasteiger partial charge on any atom is -0.392 e. The van der Waals surface area contributed by atoms with Crippen LogP contribution in [-0.4, -0.2) is 22.2 Å². The summed E-state index contributed by atoms with van der Waals surface area (Å²) in [6, 6.07) is 4.65. The molecule has 0 amide bonds. The Labute approximate surface area is 105 Å². The molecule has 1 N–H and O–H groups in total. The van der Waals surface area contributed by atoms with Crippen LogP contribution in [-0.2, 0) is 6.42 Å². The number of thioether (sulfide) groups is 1. The first-order valence-corrected chi connectivity index (χ1v) is 6.65. The maximum absolute atomic E-state index is 13.1. The fraction of sp³-hybridized carbons (Fsp3) is 0.500. The van der Waals surface area contributed by atoms with E-state index < -0.39 is 11.9 Å². The molecule has 0 aliphatic heterocycles. The van der Waals surface area contributed by atoms with Gasteiger partial charge in [0.15, 0.2) is 0 Å². The summed E-state index contributed by atoms with van der Waals surface area (Å²) < 4.78 is 13.1. The summed E-state index contributed by atoms with van der Waals surface area (Å²) in [5.41, 5.74) is 0.777. The molecule has 4 heteroatoms. The SMILES string of the molecule is CC(C)SCC(O)Cc1ccc(Cl)c(F)c1. The van der Waals surface area contributed by atoms with E-state index in [1.54, 1.807) is 17.8 Å². The van der Waals surface area contributed by atoms with Gasteiger partial charge in [0.1, 0.15) is 5.82 Å². The Morgan fingerprint density at radius 2 is 2.12 bits per heavy atom. The number of benzene rings is 1. The Morgan fingerprint density at radius 1 is 1.44 bits per heavy atom. The smallest absolute Gasteiger partial charge is 0.142 e. The molecule has 1 rings (SSSR count). The van der Waals surface area contributed by atoms with Crippen LogP contribution in [0.15, 0.2) is 18.2 Å². The van der Waals surface area contributed by atoms with Crippen molar-refractivity contribution in [3.05, 3.63) is 34.6 Å². The monoisotopic (exact) mass is 262 g/mol. The minimum atomic E-state index is -0.437. The van der Waals surface area contributed by atoms with Gasteiger partial charge in [0.2, 0.25) is 0 Å². The molecule has 0 aromatic heterocycles. The molecule has 1 atom stereocenters. The van der Waals surface area contributed by atoms with Crippen LogP contribution >= 0.6 is 23.4 Å². The highest BCUT2D eigenvalue weighted by Crippen LogP contribution is 2.18. The van der Waals surface area contributed by atoms with Crippen molar-refractivity contribution in [1.29, 1.82) is 0 Å². The maximum Gasteiger partial charge on any atom is 0.142 e. The zero-order chi connectivity index (χ0) is 12.1. The third kappa shape index (κ3) is 4.73. The summed E-state index contributed by atoms with van der Waals surface area (Å²) in [4.78, 5) is 0. The lowest BCUT2D eigenvalue weighted by Gasteiger charge is -2.12. The average molecular weight is 263 g/mol. The summed E-state index contributed by atoms with van der Waals surface area (Å²) >= 11 is 7.27. The highest BCUT2D eigenvalue weighted by Gasteiger charge is 2.08. The van der Waals surface area contributed by atoms with Gasteiger partial charge in [-0.1, -0.05) is 31.5 Å². The molecule has 0 bridgehead atoms. The number of rotatable bonds is 5. The lowest BCUT2D eigenvalue weighted by atomic mass is 10.1. The van der Waals surface area contributed by atoms with E-state index in [4.69, 9.17) is 11.6 Å². The van der Waals surface area contributed by atoms with Crippen molar-refractivity contribution in [1.82, 2.24) is 0 Å². The molecule has 0 aliphatic carbocycles. The number of hydrogen-bond acceptors (Lipinski definition) is 2. The predicted octanol–water partition coefficient (Wildman–Crippen LogP) is 3.52. The van der Waals surface area contributed by atoms with Crippen molar-refractivity contribution in [2.75, 3.05) is 5.75 Å². The van der Waals surface area contributed by atoms with E-state index in [0.717, 1.165) is 5.56 Å². The first kappa shape index (κ1) is 13.8. The molecular weight excluding hydrogens is 247 g/mol. The van der Waals surface area contributed by atoms with Crippen LogP contribution in [0.1, 0.15) is 19.4 Å². The van der Waals surface area contributed by atoms with Crippen molar-refractivity contribution in [2.24, 2.45) is 0 Å². The minimum absolute atomic E-state index is 0.120. The standard InChI is InChI=1S/C12H16ClFOS/c1-8(2)16-7-10(15)5-9-3-4-11(13)12(14)6-9/h3-4,6,8,10,15H,5,7H2,1-2H3. The first-order chi connectivity index (χ1) is 7.49. The largest absolute Gasteiger partial charge is 0.392 e. The van der Waals surface area contributed by atoms with Crippen LogP contribution in [0, 0.1) is 5.82 Å². The highest BCUT2D eigenvalue weighted by atomic mass is 35.5. The lowest BCUT2D eigenvalue weighted by molar-refractivity contribution is 0.200. The maximum atomic E-state index is 13.1. The van der Waals surface area contributed by atoms with Crippen LogP contribution in [0.4, 0.5) is 4.39 Å². The molecule has 1 aromatic rings. The third-order valence-electron chi connectivity index (χ3n) is 2.08. The Hall–Kier alpha value is -0.250. The van der Waals surface area contributed by atoms with Gasteiger partial charge in [-0.15, -0.1) is 0 Å². The molecule has 16 heavy (non-hydrogen) atoms. The fourth-order valence-corrected chi connectivity index (χ4v) is 2.14. The van der Waals surface area contributed by atoms with Gasteiger partial charge >= 0.3 is 0 Å². The normalized spacial score (nSPS) is 13.1. The van der Waals surface area contributed by atoms with Gasteiger partial charge in [-0.25, -0.2) is 4.39 Å². The molecule has 0 radical (unpaired) electrons. The number of aliphatic hydroxyl groups is 1. The molecule has 0 fully saturated rings. The Kier molecular flexibility index (Phi) is 5.59. The summed E-state index contributed by atoms with van der Waals surface area (Å²) in [5, 5.41) is 10.4. The second kappa shape index (κ2) is 6.48. The third-order valence-corrected chi connectivity index (χ3v) is 3.63. The Balaban J connectivity index is 2.49. The zero-order valence-electron chi connectivity index (χ0n) is 9.41. The van der Waals surface area contributed by atoms with Gasteiger partial charge in [0.25, 0.3) is 0 Å². The van der Waals surface area contributed by atoms with E-state index in [1.165, 1.54) is 12.1 Å². The predicted molar refractivity (Wildman–Crippen MR) is 68.7 cm³/mol. The van der Waals surface area contributed by atoms with E-state index in [2.05, 4.69) is 13.8 Å². The molecule has 1 nitrogen and oxygen atoms in total. The molecule has 0 saturated carbocycles. The topological polar surface area (TPSA) is 20.2 Å². The van der Waals surface area contributed by atoms with E-state index in [0.29, 0.717) is 17.4 Å². The summed E-state index contributed by atoms with van der Waals surface area (Å²) in [5.74, 6) is 0.241. The van der Waals surface area contributed by atoms with Crippen LogP contribution in [0.5, 0.6) is 0 Å². The Morgan fingerprint density at radius 3 is 2.69 bits per heavy atom. The molecule has 0 aliphatic rings. The summed E-state index contributed by atoms with van der Waals surface area (Å²) in [6.45, 7) is 4.17. The number of halogens is 2. The van der Waals surface area contributed by atoms with Crippen molar-refractivity contribution < 1.29 is 9.50 Å². The van der Waals surface area contributed by atoms with Crippen LogP contribution in [0.3, 0.4) is 0 Å². The molecule has 1 aromatic carbocycles. The van der Waals surface area contributed by atoms with Crippen LogP contribution in [0.25, 0.3) is 0 Å². The van der Waals surface area contributed by atoms with Crippen molar-refractivity contribution >= 4 is 23.4 Å². The first-order valence-electron chi connectivity index (χ1n) is 5.22. The molecule has 90 valence electrons. The van der Waals surface area contributed by atoms with E-state index in [9.17, 15) is 9.50 Å². The second-order valence-electron chi connectivity index (χ2n) is 3.99. The summed E-state index contributed by atoms with van der Waals surface area (Å²) in [7, 11) is 0. The van der Waals surface area contributed by atoms with Gasteiger partial charge in [-0.2, -0.15) is 11.8 Å². The van der Waals surface area contributed by atoms with Gasteiger partial charge in [-0.3, -0.25) is 0 Å². The molecule has 0 heterocycles. The van der Waals surface area contributed by atoms with E-state index in [-0.39, 0.29) is 5.02 Å². The number of hydrogen-bond donors (Lipinski definition) is 1. The van der Waals surface area contributed by atoms with E-state index >= 15 is 0 Å². The van der Waals surface area contributed by atoms with Crippen molar-refractivity contribution in [3.8, 4) is 0 Å². The van der Waals surface area contributed by atoms with E-state index in [1.807, 2.05) is 0 Å². The molecule has 1 unspecified atom stereocenters. The zero-order valence-corrected chi connectivity index (χ0v) is 11.0. The number of aliphatic hydroxyl groups excluding tert-OH is 1. The van der Waals surface area contributed by atoms with Crippen molar-refractivity contribution in [3.63, 3.8) is 0 Å². The van der Waals surface area contributed by atoms with Gasteiger partial charge < -0.3 is 5.11 Å². The Bertz CT molecular complexity index is 344. The van der Waals surface area contributed by atoms with Gasteiger partial charge in [0.05, 0.1) is 11.1 Å². The fourth-order valence-electron chi connectivity index (χ4n) is 1.30. The highest BCUT2D eigenvalue weighted by molar-refractivity contribution is 7.99. The molecule has 0 saturated heterocycles. The lowest BCUT2D eigenvalue weighted by Crippen LogP contribution is -2.15. The van der Waals surface area contributed by atoms with Gasteiger partial charge in [-0.05, 0) is 29.4 Å². The molecular formula is C12H16ClFOS. The van der Waals surface area contributed by atoms with Crippen molar-refractivity contribution in [2.45, 2.75) is 31.6 Å². The van der Waals surface area contributed by atoms with Gasteiger partial charge in [0, 0.05) is 5.75 Å². The quantitative estimate of drug-likeness (QED) is 0.876. The average Bonchev–Trinajstić information content (AvgIpc) is 2.21. The van der Waals surface area contributed by atoms with Crippen LogP contribution < -0.4 is 0 Å². The second-order valence-corrected chi connectivity index (χ2v) is 6.01. The van der Waals surface area contributed by atoms with Crippen LogP contribution in [0.2, 0.25) is 5.02 Å².